The molecular weight excluding hydrogens is 306 g/mol. The number of rotatable bonds is 8. The number of hydrogen-bond acceptors (Lipinski definition) is 4. The summed E-state index contributed by atoms with van der Waals surface area (Å²) >= 11 is 0. The first kappa shape index (κ1) is 17.5. The van der Waals surface area contributed by atoms with Gasteiger partial charge in [-0.3, -0.25) is 4.79 Å². The molecule has 0 aromatic heterocycles. The second kappa shape index (κ2) is 8.70. The Morgan fingerprint density at radius 3 is 2.65 bits per heavy atom. The lowest BCUT2D eigenvalue weighted by atomic mass is 10.0. The average molecular weight is 328 g/mol. The van der Waals surface area contributed by atoms with E-state index in [1.54, 1.807) is 6.07 Å². The molecule has 6 heteroatoms. The summed E-state index contributed by atoms with van der Waals surface area (Å²) in [5.41, 5.74) is 0.665. The van der Waals surface area contributed by atoms with Gasteiger partial charge in [0.05, 0.1) is 7.11 Å². The van der Waals surface area contributed by atoms with Crippen molar-refractivity contribution in [2.24, 2.45) is 5.92 Å². The van der Waals surface area contributed by atoms with E-state index in [4.69, 9.17) is 9.47 Å². The Kier molecular flexibility index (Phi) is 6.62. The number of benzene rings is 1. The van der Waals surface area contributed by atoms with Crippen molar-refractivity contribution >= 4 is 5.97 Å². The lowest BCUT2D eigenvalue weighted by Crippen LogP contribution is -2.07. The summed E-state index contributed by atoms with van der Waals surface area (Å²) in [7, 11) is 1.37. The normalized spacial score (nSPS) is 15.0. The SMILES string of the molecule is COc1cc(COC(=O)CCC2CCCC2)ccc1OC(F)F. The minimum atomic E-state index is -2.91. The fourth-order valence-corrected chi connectivity index (χ4v) is 2.85. The fraction of sp³-hybridized carbons (Fsp3) is 0.588. The summed E-state index contributed by atoms with van der Waals surface area (Å²) in [5, 5.41) is 0. The van der Waals surface area contributed by atoms with Gasteiger partial charge in [-0.1, -0.05) is 31.7 Å². The summed E-state index contributed by atoms with van der Waals surface area (Å²) in [5.74, 6) is 0.556. The van der Waals surface area contributed by atoms with Gasteiger partial charge in [0.25, 0.3) is 0 Å². The number of halogens is 2. The number of esters is 1. The molecule has 0 unspecified atom stereocenters. The number of ether oxygens (including phenoxy) is 3. The Bertz CT molecular complexity index is 513. The lowest BCUT2D eigenvalue weighted by Gasteiger charge is -2.12. The number of carbonyl (C=O) groups excluding carboxylic acids is 1. The molecule has 1 aliphatic rings. The van der Waals surface area contributed by atoms with Gasteiger partial charge in [0.2, 0.25) is 0 Å². The Balaban J connectivity index is 1.81. The third kappa shape index (κ3) is 5.69. The summed E-state index contributed by atoms with van der Waals surface area (Å²) in [6, 6.07) is 4.49. The summed E-state index contributed by atoms with van der Waals surface area (Å²) in [6.45, 7) is -2.82. The van der Waals surface area contributed by atoms with Crippen LogP contribution in [0.4, 0.5) is 8.78 Å². The smallest absolute Gasteiger partial charge is 0.387 e. The van der Waals surface area contributed by atoms with Crippen LogP contribution < -0.4 is 9.47 Å². The van der Waals surface area contributed by atoms with Crippen LogP contribution in [0.3, 0.4) is 0 Å². The van der Waals surface area contributed by atoms with E-state index in [0.717, 1.165) is 6.42 Å². The van der Waals surface area contributed by atoms with Crippen LogP contribution in [0.1, 0.15) is 44.1 Å². The second-order valence-corrected chi connectivity index (χ2v) is 5.71. The van der Waals surface area contributed by atoms with E-state index >= 15 is 0 Å². The van der Waals surface area contributed by atoms with Gasteiger partial charge >= 0.3 is 12.6 Å². The molecule has 1 aliphatic carbocycles. The molecule has 0 heterocycles. The van der Waals surface area contributed by atoms with E-state index in [0.29, 0.717) is 17.9 Å². The quantitative estimate of drug-likeness (QED) is 0.667. The number of hydrogen-bond donors (Lipinski definition) is 0. The standard InChI is InChI=1S/C17H22F2O4/c1-21-15-10-13(6-8-14(15)23-17(18)19)11-22-16(20)9-7-12-4-2-3-5-12/h6,8,10,12,17H,2-5,7,9,11H2,1H3. The zero-order valence-electron chi connectivity index (χ0n) is 13.2. The van der Waals surface area contributed by atoms with E-state index in [1.807, 2.05) is 0 Å². The van der Waals surface area contributed by atoms with Gasteiger partial charge in [0.1, 0.15) is 6.61 Å². The molecule has 0 saturated heterocycles. The van der Waals surface area contributed by atoms with E-state index in [1.165, 1.54) is 44.9 Å². The molecule has 0 amide bonds. The van der Waals surface area contributed by atoms with Crippen molar-refractivity contribution in [2.75, 3.05) is 7.11 Å². The molecule has 1 aromatic rings. The zero-order chi connectivity index (χ0) is 16.7. The molecule has 0 aliphatic heterocycles. The average Bonchev–Trinajstić information content (AvgIpc) is 3.04. The molecule has 0 N–H and O–H groups in total. The third-order valence-corrected chi connectivity index (χ3v) is 4.08. The topological polar surface area (TPSA) is 44.8 Å². The molecule has 1 aromatic carbocycles. The first-order valence-electron chi connectivity index (χ1n) is 7.86. The fourth-order valence-electron chi connectivity index (χ4n) is 2.85. The van der Waals surface area contributed by atoms with Crippen LogP contribution in [-0.2, 0) is 16.1 Å². The van der Waals surface area contributed by atoms with E-state index in [9.17, 15) is 13.6 Å². The minimum absolute atomic E-state index is 0.0428. The van der Waals surface area contributed by atoms with Crippen LogP contribution in [-0.4, -0.2) is 19.7 Å². The monoisotopic (exact) mass is 328 g/mol. The number of carbonyl (C=O) groups is 1. The Morgan fingerprint density at radius 1 is 1.26 bits per heavy atom. The van der Waals surface area contributed by atoms with E-state index in [2.05, 4.69) is 4.74 Å². The Morgan fingerprint density at radius 2 is 2.00 bits per heavy atom. The van der Waals surface area contributed by atoms with Gasteiger partial charge in [-0.2, -0.15) is 8.78 Å². The van der Waals surface area contributed by atoms with Crippen molar-refractivity contribution in [3.8, 4) is 11.5 Å². The van der Waals surface area contributed by atoms with Crippen molar-refractivity contribution in [1.82, 2.24) is 0 Å². The van der Waals surface area contributed by atoms with Gasteiger partial charge in [-0.25, -0.2) is 0 Å². The summed E-state index contributed by atoms with van der Waals surface area (Å²) in [4.78, 5) is 11.8. The van der Waals surface area contributed by atoms with Crippen molar-refractivity contribution in [2.45, 2.75) is 51.7 Å². The number of alkyl halides is 2. The highest BCUT2D eigenvalue weighted by molar-refractivity contribution is 5.69. The molecule has 2 rings (SSSR count). The minimum Gasteiger partial charge on any atom is -0.493 e. The molecule has 1 saturated carbocycles. The third-order valence-electron chi connectivity index (χ3n) is 4.08. The molecule has 0 spiro atoms. The van der Waals surface area contributed by atoms with Gasteiger partial charge in [0.15, 0.2) is 11.5 Å². The van der Waals surface area contributed by atoms with Crippen LogP contribution in [0.2, 0.25) is 0 Å². The van der Waals surface area contributed by atoms with E-state index in [-0.39, 0.29) is 24.1 Å². The molecule has 23 heavy (non-hydrogen) atoms. The Labute approximate surface area is 134 Å². The maximum atomic E-state index is 12.3. The highest BCUT2D eigenvalue weighted by atomic mass is 19.3. The molecule has 1 fully saturated rings. The van der Waals surface area contributed by atoms with Crippen LogP contribution in [0.25, 0.3) is 0 Å². The molecule has 128 valence electrons. The molecule has 0 radical (unpaired) electrons. The molecular formula is C17H22F2O4. The molecule has 4 nitrogen and oxygen atoms in total. The maximum absolute atomic E-state index is 12.3. The van der Waals surface area contributed by atoms with Crippen LogP contribution in [0.5, 0.6) is 11.5 Å². The molecule has 0 bridgehead atoms. The predicted octanol–water partition coefficient (Wildman–Crippen LogP) is 4.31. The highest BCUT2D eigenvalue weighted by Crippen LogP contribution is 2.30. The van der Waals surface area contributed by atoms with E-state index < -0.39 is 6.61 Å². The largest absolute Gasteiger partial charge is 0.493 e. The van der Waals surface area contributed by atoms with Gasteiger partial charge in [-0.05, 0) is 30.0 Å². The number of methoxy groups -OCH3 is 1. The highest BCUT2D eigenvalue weighted by Gasteiger charge is 2.17. The van der Waals surface area contributed by atoms with Crippen LogP contribution >= 0.6 is 0 Å². The van der Waals surface area contributed by atoms with Gasteiger partial charge in [-0.15, -0.1) is 0 Å². The van der Waals surface area contributed by atoms with Gasteiger partial charge < -0.3 is 14.2 Å². The predicted molar refractivity (Wildman–Crippen MR) is 80.6 cm³/mol. The first-order valence-corrected chi connectivity index (χ1v) is 7.86. The van der Waals surface area contributed by atoms with Crippen molar-refractivity contribution in [1.29, 1.82) is 0 Å². The second-order valence-electron chi connectivity index (χ2n) is 5.71. The molecule has 0 atom stereocenters. The van der Waals surface area contributed by atoms with Crippen LogP contribution in [0, 0.1) is 5.92 Å². The van der Waals surface area contributed by atoms with Crippen molar-refractivity contribution < 1.29 is 27.8 Å². The van der Waals surface area contributed by atoms with Crippen molar-refractivity contribution in [3.63, 3.8) is 0 Å². The zero-order valence-corrected chi connectivity index (χ0v) is 13.2. The maximum Gasteiger partial charge on any atom is 0.387 e. The summed E-state index contributed by atoms with van der Waals surface area (Å²) < 4.78 is 39.1. The van der Waals surface area contributed by atoms with Crippen molar-refractivity contribution in [3.05, 3.63) is 23.8 Å². The Hall–Kier alpha value is -1.85. The van der Waals surface area contributed by atoms with Gasteiger partial charge in [0, 0.05) is 6.42 Å². The lowest BCUT2D eigenvalue weighted by molar-refractivity contribution is -0.145. The van der Waals surface area contributed by atoms with Crippen LogP contribution in [0.15, 0.2) is 18.2 Å². The first-order chi connectivity index (χ1) is 11.1. The summed E-state index contributed by atoms with van der Waals surface area (Å²) in [6.07, 6.45) is 6.23.